The van der Waals surface area contributed by atoms with Gasteiger partial charge in [-0.05, 0) is 12.8 Å². The molecule has 2 atom stereocenters. The highest BCUT2D eigenvalue weighted by molar-refractivity contribution is 5.73. The maximum absolute atomic E-state index is 13.0. The van der Waals surface area contributed by atoms with Crippen LogP contribution in [0.4, 0.5) is 8.78 Å². The van der Waals surface area contributed by atoms with E-state index in [1.807, 2.05) is 0 Å². The lowest BCUT2D eigenvalue weighted by atomic mass is 9.87. The van der Waals surface area contributed by atoms with Gasteiger partial charge in [0.05, 0.1) is 6.04 Å². The first-order valence-electron chi connectivity index (χ1n) is 4.34. The largest absolute Gasteiger partial charge is 0.352 e. The standard InChI is InChI=1S/C8H14F2N2O/c1-5(13)12-6-3-2-4-8(9,10)7(6)11/h6-7H,2-4,11H2,1H3,(H,12,13)/t6-,7-/m1/s1. The van der Waals surface area contributed by atoms with Gasteiger partial charge in [-0.3, -0.25) is 4.79 Å². The van der Waals surface area contributed by atoms with Gasteiger partial charge in [-0.15, -0.1) is 0 Å². The van der Waals surface area contributed by atoms with Gasteiger partial charge in [0.15, 0.2) is 0 Å². The number of hydrogen-bond donors (Lipinski definition) is 2. The van der Waals surface area contributed by atoms with Crippen molar-refractivity contribution >= 4 is 5.91 Å². The van der Waals surface area contributed by atoms with Gasteiger partial charge in [-0.2, -0.15) is 0 Å². The number of nitrogens with two attached hydrogens (primary N) is 1. The second-order valence-electron chi connectivity index (χ2n) is 3.49. The molecule has 13 heavy (non-hydrogen) atoms. The lowest BCUT2D eigenvalue weighted by molar-refractivity contribution is -0.121. The molecule has 0 aromatic rings. The van der Waals surface area contributed by atoms with Crippen LogP contribution in [0.3, 0.4) is 0 Å². The summed E-state index contributed by atoms with van der Waals surface area (Å²) in [4.78, 5) is 10.7. The molecule has 1 aliphatic rings. The zero-order valence-corrected chi connectivity index (χ0v) is 7.52. The molecule has 0 saturated heterocycles. The molecule has 1 rings (SSSR count). The fourth-order valence-electron chi connectivity index (χ4n) is 1.62. The van der Waals surface area contributed by atoms with E-state index in [9.17, 15) is 13.6 Å². The van der Waals surface area contributed by atoms with E-state index in [1.54, 1.807) is 0 Å². The minimum atomic E-state index is -2.84. The average Bonchev–Trinajstić information content (AvgIpc) is 1.98. The molecule has 0 aromatic heterocycles. The summed E-state index contributed by atoms with van der Waals surface area (Å²) in [6.07, 6.45) is 0.770. The van der Waals surface area contributed by atoms with Crippen LogP contribution in [0.1, 0.15) is 26.2 Å². The Morgan fingerprint density at radius 1 is 1.62 bits per heavy atom. The van der Waals surface area contributed by atoms with Crippen LogP contribution >= 0.6 is 0 Å². The van der Waals surface area contributed by atoms with Crippen LogP contribution in [0.2, 0.25) is 0 Å². The van der Waals surface area contributed by atoms with Crippen molar-refractivity contribution in [1.29, 1.82) is 0 Å². The smallest absolute Gasteiger partial charge is 0.264 e. The molecule has 0 aliphatic heterocycles. The first-order chi connectivity index (χ1) is 5.93. The Balaban J connectivity index is 2.60. The van der Waals surface area contributed by atoms with Gasteiger partial charge in [-0.1, -0.05) is 0 Å². The number of amides is 1. The summed E-state index contributed by atoms with van der Waals surface area (Å²) in [6.45, 7) is 1.31. The third-order valence-electron chi connectivity index (χ3n) is 2.34. The van der Waals surface area contributed by atoms with Crippen molar-refractivity contribution in [2.45, 2.75) is 44.2 Å². The third kappa shape index (κ3) is 2.37. The van der Waals surface area contributed by atoms with Crippen LogP contribution in [0.5, 0.6) is 0 Å². The zero-order valence-electron chi connectivity index (χ0n) is 7.52. The molecular formula is C8H14F2N2O. The van der Waals surface area contributed by atoms with E-state index in [4.69, 9.17) is 5.73 Å². The third-order valence-corrected chi connectivity index (χ3v) is 2.34. The van der Waals surface area contributed by atoms with E-state index in [0.717, 1.165) is 0 Å². The van der Waals surface area contributed by atoms with Gasteiger partial charge >= 0.3 is 0 Å². The molecule has 0 bridgehead atoms. The molecule has 0 aromatic carbocycles. The van der Waals surface area contributed by atoms with Crippen molar-refractivity contribution < 1.29 is 13.6 Å². The van der Waals surface area contributed by atoms with Crippen molar-refractivity contribution in [3.8, 4) is 0 Å². The molecule has 3 N–H and O–H groups in total. The Kier molecular flexibility index (Phi) is 2.85. The second kappa shape index (κ2) is 3.57. The lowest BCUT2D eigenvalue weighted by Crippen LogP contribution is -2.58. The fraction of sp³-hybridized carbons (Fsp3) is 0.875. The normalized spacial score (nSPS) is 32.6. The molecule has 5 heteroatoms. The zero-order chi connectivity index (χ0) is 10.1. The summed E-state index contributed by atoms with van der Waals surface area (Å²) >= 11 is 0. The van der Waals surface area contributed by atoms with E-state index < -0.39 is 18.0 Å². The van der Waals surface area contributed by atoms with E-state index in [2.05, 4.69) is 5.32 Å². The van der Waals surface area contributed by atoms with Gasteiger partial charge in [-0.25, -0.2) is 8.78 Å². The molecule has 0 spiro atoms. The summed E-state index contributed by atoms with van der Waals surface area (Å²) in [5.74, 6) is -3.15. The molecule has 76 valence electrons. The number of nitrogens with one attached hydrogen (secondary N) is 1. The van der Waals surface area contributed by atoms with Crippen molar-refractivity contribution in [3.63, 3.8) is 0 Å². The monoisotopic (exact) mass is 192 g/mol. The van der Waals surface area contributed by atoms with Crippen LogP contribution in [-0.4, -0.2) is 23.9 Å². The number of carbonyl (C=O) groups excluding carboxylic acids is 1. The van der Waals surface area contributed by atoms with Gasteiger partial charge in [0, 0.05) is 19.4 Å². The molecule has 1 amide bonds. The van der Waals surface area contributed by atoms with E-state index in [-0.39, 0.29) is 12.3 Å². The predicted octanol–water partition coefficient (Wildman–Crippen LogP) is 0.638. The molecule has 3 nitrogen and oxygen atoms in total. The number of alkyl halides is 2. The maximum Gasteiger partial charge on any atom is 0.264 e. The quantitative estimate of drug-likeness (QED) is 0.640. The summed E-state index contributed by atoms with van der Waals surface area (Å²) < 4.78 is 26.0. The average molecular weight is 192 g/mol. The molecule has 0 heterocycles. The van der Waals surface area contributed by atoms with Crippen molar-refractivity contribution in [2.24, 2.45) is 5.73 Å². The maximum atomic E-state index is 13.0. The van der Waals surface area contributed by atoms with Gasteiger partial charge in [0.25, 0.3) is 5.92 Å². The summed E-state index contributed by atoms with van der Waals surface area (Å²) in [5.41, 5.74) is 5.34. The molecule has 1 saturated carbocycles. The molecular weight excluding hydrogens is 178 g/mol. The van der Waals surface area contributed by atoms with Crippen LogP contribution in [0.25, 0.3) is 0 Å². The highest BCUT2D eigenvalue weighted by Gasteiger charge is 2.44. The number of carbonyl (C=O) groups is 1. The second-order valence-corrected chi connectivity index (χ2v) is 3.49. The van der Waals surface area contributed by atoms with Crippen LogP contribution < -0.4 is 11.1 Å². The van der Waals surface area contributed by atoms with Crippen LogP contribution in [-0.2, 0) is 4.79 Å². The first-order valence-corrected chi connectivity index (χ1v) is 4.34. The predicted molar refractivity (Wildman–Crippen MR) is 44.4 cm³/mol. The Bertz CT molecular complexity index is 208. The molecule has 0 radical (unpaired) electrons. The minimum Gasteiger partial charge on any atom is -0.352 e. The van der Waals surface area contributed by atoms with Crippen molar-refractivity contribution in [3.05, 3.63) is 0 Å². The van der Waals surface area contributed by atoms with Gasteiger partial charge in [0.1, 0.15) is 0 Å². The van der Waals surface area contributed by atoms with Gasteiger partial charge in [0.2, 0.25) is 5.91 Å². The fourth-order valence-corrected chi connectivity index (χ4v) is 1.62. The minimum absolute atomic E-state index is 0.176. The van der Waals surface area contributed by atoms with E-state index in [1.165, 1.54) is 6.92 Å². The van der Waals surface area contributed by atoms with Crippen LogP contribution in [0, 0.1) is 0 Å². The SMILES string of the molecule is CC(=O)N[C@@H]1CCCC(F)(F)[C@@H]1N. The Morgan fingerprint density at radius 3 is 2.77 bits per heavy atom. The lowest BCUT2D eigenvalue weighted by Gasteiger charge is -2.35. The molecule has 1 fully saturated rings. The van der Waals surface area contributed by atoms with E-state index >= 15 is 0 Å². The van der Waals surface area contributed by atoms with Crippen LogP contribution in [0.15, 0.2) is 0 Å². The summed E-state index contributed by atoms with van der Waals surface area (Å²) in [6, 6.07) is -1.83. The highest BCUT2D eigenvalue weighted by Crippen LogP contribution is 2.32. The molecule has 1 aliphatic carbocycles. The summed E-state index contributed by atoms with van der Waals surface area (Å²) in [5, 5.41) is 2.44. The highest BCUT2D eigenvalue weighted by atomic mass is 19.3. The van der Waals surface area contributed by atoms with Gasteiger partial charge < -0.3 is 11.1 Å². The summed E-state index contributed by atoms with van der Waals surface area (Å²) in [7, 11) is 0. The Morgan fingerprint density at radius 2 is 2.23 bits per heavy atom. The van der Waals surface area contributed by atoms with Crippen molar-refractivity contribution in [2.75, 3.05) is 0 Å². The Hall–Kier alpha value is -0.710. The van der Waals surface area contributed by atoms with E-state index in [0.29, 0.717) is 12.8 Å². The van der Waals surface area contributed by atoms with Crippen molar-refractivity contribution in [1.82, 2.24) is 5.32 Å². The number of hydrogen-bond acceptors (Lipinski definition) is 2. The number of rotatable bonds is 1. The molecule has 0 unspecified atom stereocenters. The topological polar surface area (TPSA) is 55.1 Å². The first kappa shape index (κ1) is 10.4. The number of halogens is 2. The Labute approximate surface area is 75.7 Å².